The van der Waals surface area contributed by atoms with Gasteiger partial charge in [0.15, 0.2) is 11.3 Å². The number of Topliss-reactive ketones (excluding diaryl/α,β-unsaturated/α-hetero) is 1. The van der Waals surface area contributed by atoms with Gasteiger partial charge >= 0.3 is 0 Å². The number of hydrogen-bond donors (Lipinski definition) is 5. The Labute approximate surface area is 458 Å². The molecule has 8 aromatic rings. The standard InChI is InChI=1S/C67H62N6O6/c1-4-34-68-56(74)24-10-12-36-78-42-28-32-46-44-18-6-8-20-50(44)66(52(46)38-42)69-54-22-14-16-40-26-30-48(62(71-66)58(40)54)60-64(76)61(65(60)77)49-31-27-41-17-15-23-55-59(41)63(49)72-67(70-55)51-21-9-7-19-45(51)47-33-29-43(39-53(47)67)79-37-13-11-25-57(75)73(3)35-5-2/h6-9,14-23,26-33,38-39,69-71,76H,4-5,10-13,24-25,34-37H2,1-3H3,(H,68,74)/b61-49+. The lowest BCUT2D eigenvalue weighted by Crippen LogP contribution is -2.45. The molecule has 0 saturated heterocycles. The molecule has 13 rings (SSSR count). The summed E-state index contributed by atoms with van der Waals surface area (Å²) in [5.41, 5.74) is 9.52. The third kappa shape index (κ3) is 8.09. The molecule has 0 saturated carbocycles. The van der Waals surface area contributed by atoms with E-state index >= 15 is 4.79 Å². The molecule has 2 unspecified atom stereocenters. The second-order valence-electron chi connectivity index (χ2n) is 21.4. The van der Waals surface area contributed by atoms with Gasteiger partial charge in [-0.15, -0.1) is 0 Å². The zero-order chi connectivity index (χ0) is 54.0. The Morgan fingerprint density at radius 3 is 1.95 bits per heavy atom. The molecule has 396 valence electrons. The highest BCUT2D eigenvalue weighted by Gasteiger charge is 2.49. The average Bonchev–Trinajstić information content (AvgIpc) is 3.46. The molecule has 0 aromatic heterocycles. The van der Waals surface area contributed by atoms with Crippen LogP contribution in [-0.2, 0) is 25.7 Å². The van der Waals surface area contributed by atoms with Gasteiger partial charge < -0.3 is 40.7 Å². The molecule has 2 atom stereocenters. The lowest BCUT2D eigenvalue weighted by Gasteiger charge is -2.41. The first kappa shape index (κ1) is 49.7. The molecule has 2 spiro atoms. The highest BCUT2D eigenvalue weighted by molar-refractivity contribution is 6.52. The van der Waals surface area contributed by atoms with Crippen molar-refractivity contribution in [3.05, 3.63) is 190 Å². The van der Waals surface area contributed by atoms with Gasteiger partial charge in [0.2, 0.25) is 17.6 Å². The van der Waals surface area contributed by atoms with Gasteiger partial charge in [0, 0.05) is 88.2 Å². The highest BCUT2D eigenvalue weighted by atomic mass is 16.5. The molecule has 8 aromatic carbocycles. The van der Waals surface area contributed by atoms with Gasteiger partial charge in [-0.05, 0) is 108 Å². The summed E-state index contributed by atoms with van der Waals surface area (Å²) in [5.74, 6) is 1.27. The number of unbranched alkanes of at least 4 members (excludes halogenated alkanes) is 2. The molecule has 79 heavy (non-hydrogen) atoms. The Bertz CT molecular complexity index is 4040. The number of amides is 2. The summed E-state index contributed by atoms with van der Waals surface area (Å²) in [4.78, 5) is 47.7. The van der Waals surface area contributed by atoms with Gasteiger partial charge in [0.25, 0.3) is 0 Å². The van der Waals surface area contributed by atoms with E-state index in [-0.39, 0.29) is 34.5 Å². The number of nitrogens with zero attached hydrogens (tertiary/aromatic N) is 2. The summed E-state index contributed by atoms with van der Waals surface area (Å²) >= 11 is 0. The van der Waals surface area contributed by atoms with Crippen LogP contribution in [0.15, 0.2) is 156 Å². The van der Waals surface area contributed by atoms with Crippen LogP contribution in [0.2, 0.25) is 0 Å². The van der Waals surface area contributed by atoms with Crippen LogP contribution in [0.4, 0.5) is 17.1 Å². The van der Waals surface area contributed by atoms with Crippen molar-refractivity contribution < 1.29 is 29.0 Å². The van der Waals surface area contributed by atoms with Crippen molar-refractivity contribution >= 4 is 67.4 Å². The fourth-order valence-electron chi connectivity index (χ4n) is 12.7. The minimum absolute atomic E-state index is 0.0662. The highest BCUT2D eigenvalue weighted by Crippen LogP contribution is 2.56. The number of hydrogen-bond acceptors (Lipinski definition) is 10. The molecule has 2 heterocycles. The van der Waals surface area contributed by atoms with E-state index in [1.54, 1.807) is 4.90 Å². The molecule has 5 aliphatic rings. The second kappa shape index (κ2) is 19.8. The van der Waals surface area contributed by atoms with Crippen molar-refractivity contribution in [3.63, 3.8) is 0 Å². The predicted molar refractivity (Wildman–Crippen MR) is 313 cm³/mol. The van der Waals surface area contributed by atoms with Crippen molar-refractivity contribution in [2.45, 2.75) is 76.5 Å². The van der Waals surface area contributed by atoms with E-state index in [0.717, 1.165) is 128 Å². The van der Waals surface area contributed by atoms with E-state index in [0.29, 0.717) is 60.2 Å². The summed E-state index contributed by atoms with van der Waals surface area (Å²) in [6.07, 6.45) is 5.71. The smallest absolute Gasteiger partial charge is 0.222 e. The molecule has 2 aliphatic heterocycles. The summed E-state index contributed by atoms with van der Waals surface area (Å²) < 4.78 is 12.8. The maximum absolute atomic E-state index is 15.3. The lowest BCUT2D eigenvalue weighted by molar-refractivity contribution is -0.130. The van der Waals surface area contributed by atoms with Gasteiger partial charge in [-0.25, -0.2) is 4.99 Å². The summed E-state index contributed by atoms with van der Waals surface area (Å²) in [6.45, 7) is 6.48. The van der Waals surface area contributed by atoms with Gasteiger partial charge in [-0.1, -0.05) is 123 Å². The number of allylic oxidation sites excluding steroid dienone is 2. The van der Waals surface area contributed by atoms with Gasteiger partial charge in [-0.2, -0.15) is 0 Å². The fourth-order valence-corrected chi connectivity index (χ4v) is 12.7. The number of aliphatic hydroxyl groups excluding tert-OH is 1. The molecule has 0 bridgehead atoms. The van der Waals surface area contributed by atoms with Crippen LogP contribution in [0.1, 0.15) is 93.0 Å². The largest absolute Gasteiger partial charge is 0.506 e. The first-order chi connectivity index (χ1) is 38.6. The Kier molecular flexibility index (Phi) is 12.5. The van der Waals surface area contributed by atoms with Crippen LogP contribution < -0.4 is 41.3 Å². The van der Waals surface area contributed by atoms with Crippen LogP contribution in [0, 0.1) is 0 Å². The predicted octanol–water partition coefficient (Wildman–Crippen LogP) is 11.8. The SMILES string of the molecule is CCCNC(=O)CCCCOc1ccc2c(c1)C1(Nc3cccc4ccc(C5=C(O)/C(=c6/ccc7cccc8c7c6=NC6(N8)c7ccccc7-c7ccc(OCCCCC(=O)N(C)CCC)cc76)C5=O)c(c34)N1)c1ccccc1-2. The number of anilines is 3. The number of carbonyl (C=O) groups excluding carboxylic acids is 3. The van der Waals surface area contributed by atoms with E-state index in [1.165, 1.54) is 0 Å². The summed E-state index contributed by atoms with van der Waals surface area (Å²) in [5, 5.41) is 32.3. The second-order valence-corrected chi connectivity index (χ2v) is 21.4. The normalized spacial score (nSPS) is 18.2. The van der Waals surface area contributed by atoms with E-state index in [1.807, 2.05) is 92.8 Å². The maximum atomic E-state index is 15.3. The van der Waals surface area contributed by atoms with Crippen LogP contribution in [-0.4, -0.2) is 61.0 Å². The molecule has 12 heteroatoms. The zero-order valence-electron chi connectivity index (χ0n) is 44.7. The van der Waals surface area contributed by atoms with Gasteiger partial charge in [0.1, 0.15) is 17.3 Å². The number of rotatable bonds is 17. The number of aliphatic hydroxyl groups is 1. The third-order valence-corrected chi connectivity index (χ3v) is 16.4. The van der Waals surface area contributed by atoms with E-state index in [4.69, 9.17) is 14.5 Å². The zero-order valence-corrected chi connectivity index (χ0v) is 44.7. The summed E-state index contributed by atoms with van der Waals surface area (Å²) in [6, 6.07) is 49.2. The Balaban J connectivity index is 0.885. The van der Waals surface area contributed by atoms with Crippen molar-refractivity contribution in [1.29, 1.82) is 0 Å². The first-order valence-electron chi connectivity index (χ1n) is 27.9. The number of ether oxygens (including phenoxy) is 2. The Morgan fingerprint density at radius 2 is 1.23 bits per heavy atom. The quantitative estimate of drug-likeness (QED) is 0.0561. The molecule has 5 N–H and O–H groups in total. The number of ketones is 1. The number of nitrogens with one attached hydrogen (secondary N) is 4. The molecule has 0 fully saturated rings. The third-order valence-electron chi connectivity index (χ3n) is 16.4. The number of carbonyl (C=O) groups is 3. The van der Waals surface area contributed by atoms with Gasteiger partial charge in [-0.3, -0.25) is 14.4 Å². The van der Waals surface area contributed by atoms with Crippen molar-refractivity contribution in [2.24, 2.45) is 4.99 Å². The lowest BCUT2D eigenvalue weighted by atomic mass is 9.79. The molecule has 0 radical (unpaired) electrons. The van der Waals surface area contributed by atoms with Crippen LogP contribution in [0.3, 0.4) is 0 Å². The first-order valence-corrected chi connectivity index (χ1v) is 27.9. The molecular formula is C67H62N6O6. The summed E-state index contributed by atoms with van der Waals surface area (Å²) in [7, 11) is 1.86. The van der Waals surface area contributed by atoms with Crippen molar-refractivity contribution in [1.82, 2.24) is 10.2 Å². The van der Waals surface area contributed by atoms with Crippen molar-refractivity contribution in [3.8, 4) is 33.8 Å². The molecule has 12 nitrogen and oxygen atoms in total. The van der Waals surface area contributed by atoms with Crippen LogP contribution in [0.25, 0.3) is 54.9 Å². The minimum Gasteiger partial charge on any atom is -0.506 e. The van der Waals surface area contributed by atoms with Crippen molar-refractivity contribution in [2.75, 3.05) is 49.3 Å². The molecule has 3 aliphatic carbocycles. The Hall–Kier alpha value is -8.90. The van der Waals surface area contributed by atoms with Crippen LogP contribution >= 0.6 is 0 Å². The monoisotopic (exact) mass is 1050 g/mol. The molecular weight excluding hydrogens is 985 g/mol. The van der Waals surface area contributed by atoms with E-state index in [9.17, 15) is 14.7 Å². The fraction of sp³-hybridized carbons (Fsp3) is 0.254. The minimum atomic E-state index is -1.09. The van der Waals surface area contributed by atoms with Crippen LogP contribution in [0.5, 0.6) is 11.5 Å². The van der Waals surface area contributed by atoms with Gasteiger partial charge in [0.05, 0.1) is 35.4 Å². The molecule has 2 amide bonds. The number of benzene rings is 8. The Morgan fingerprint density at radius 1 is 0.608 bits per heavy atom. The average molecular weight is 1050 g/mol. The number of fused-ring (bicyclic) bond motifs is 10. The van der Waals surface area contributed by atoms with E-state index in [2.05, 4.69) is 94.9 Å². The topological polar surface area (TPSA) is 154 Å². The van der Waals surface area contributed by atoms with E-state index < -0.39 is 11.3 Å². The maximum Gasteiger partial charge on any atom is 0.222 e.